The summed E-state index contributed by atoms with van der Waals surface area (Å²) in [6, 6.07) is 7.91. The Hall–Kier alpha value is -1.59. The standard InChI is InChI=1S/C17H24N4O.ClH/c1-4-9-18-15-10-12(2)11-21(15)17(22)16-13-7-5-6-8-14(13)20(3)19-16;/h5-8,12,15,18H,4,9-11H2,1-3H3;1H. The zero-order valence-corrected chi connectivity index (χ0v) is 14.8. The van der Waals surface area contributed by atoms with Crippen LogP contribution >= 0.6 is 12.4 Å². The van der Waals surface area contributed by atoms with Crippen LogP contribution in [0.4, 0.5) is 0 Å². The number of benzene rings is 1. The molecule has 0 saturated carbocycles. The van der Waals surface area contributed by atoms with Gasteiger partial charge in [0.15, 0.2) is 5.69 Å². The molecule has 6 heteroatoms. The summed E-state index contributed by atoms with van der Waals surface area (Å²) in [5.74, 6) is 0.558. The van der Waals surface area contributed by atoms with Crippen LogP contribution in [0.1, 0.15) is 37.2 Å². The molecule has 1 fully saturated rings. The van der Waals surface area contributed by atoms with Crippen molar-refractivity contribution < 1.29 is 4.79 Å². The van der Waals surface area contributed by atoms with Crippen molar-refractivity contribution in [2.75, 3.05) is 13.1 Å². The Morgan fingerprint density at radius 2 is 2.13 bits per heavy atom. The minimum atomic E-state index is 0. The van der Waals surface area contributed by atoms with Gasteiger partial charge in [0.25, 0.3) is 5.91 Å². The van der Waals surface area contributed by atoms with Crippen molar-refractivity contribution >= 4 is 29.2 Å². The molecule has 0 aliphatic carbocycles. The minimum absolute atomic E-state index is 0. The van der Waals surface area contributed by atoms with Gasteiger partial charge in [-0.05, 0) is 31.4 Å². The Morgan fingerprint density at radius 3 is 2.87 bits per heavy atom. The molecule has 1 N–H and O–H groups in total. The van der Waals surface area contributed by atoms with Gasteiger partial charge in [0.05, 0.1) is 11.7 Å². The molecule has 0 radical (unpaired) electrons. The van der Waals surface area contributed by atoms with Crippen LogP contribution in [0.2, 0.25) is 0 Å². The molecule has 1 saturated heterocycles. The molecule has 0 spiro atoms. The molecule has 1 aliphatic rings. The van der Waals surface area contributed by atoms with Crippen LogP contribution in [0, 0.1) is 5.92 Å². The van der Waals surface area contributed by atoms with Gasteiger partial charge >= 0.3 is 0 Å². The third kappa shape index (κ3) is 3.35. The predicted molar refractivity (Wildman–Crippen MR) is 94.9 cm³/mol. The van der Waals surface area contributed by atoms with Crippen molar-refractivity contribution in [1.82, 2.24) is 20.0 Å². The van der Waals surface area contributed by atoms with E-state index in [0.717, 1.165) is 36.8 Å². The molecule has 1 amide bonds. The first-order valence-electron chi connectivity index (χ1n) is 8.08. The lowest BCUT2D eigenvalue weighted by molar-refractivity contribution is 0.0704. The highest BCUT2D eigenvalue weighted by atomic mass is 35.5. The molecule has 0 bridgehead atoms. The monoisotopic (exact) mass is 336 g/mol. The Morgan fingerprint density at radius 1 is 1.39 bits per heavy atom. The average molecular weight is 337 g/mol. The normalized spacial score (nSPS) is 20.7. The molecule has 1 aromatic carbocycles. The summed E-state index contributed by atoms with van der Waals surface area (Å²) in [6.45, 7) is 6.07. The molecular formula is C17H25ClN4O. The van der Waals surface area contributed by atoms with Crippen LogP contribution in [0.3, 0.4) is 0 Å². The van der Waals surface area contributed by atoms with Crippen molar-refractivity contribution in [2.24, 2.45) is 13.0 Å². The molecule has 2 atom stereocenters. The zero-order chi connectivity index (χ0) is 15.7. The van der Waals surface area contributed by atoms with Crippen LogP contribution in [0.25, 0.3) is 10.9 Å². The summed E-state index contributed by atoms with van der Waals surface area (Å²) in [7, 11) is 1.89. The van der Waals surface area contributed by atoms with E-state index in [0.29, 0.717) is 11.6 Å². The molecular weight excluding hydrogens is 312 g/mol. The predicted octanol–water partition coefficient (Wildman–Crippen LogP) is 2.80. The maximum Gasteiger partial charge on any atom is 0.276 e. The number of hydrogen-bond acceptors (Lipinski definition) is 3. The number of carbonyl (C=O) groups is 1. The van der Waals surface area contributed by atoms with Crippen LogP contribution in [0.5, 0.6) is 0 Å². The van der Waals surface area contributed by atoms with E-state index >= 15 is 0 Å². The van der Waals surface area contributed by atoms with Crippen molar-refractivity contribution in [2.45, 2.75) is 32.9 Å². The number of rotatable bonds is 4. The minimum Gasteiger partial charge on any atom is -0.321 e. The first-order valence-corrected chi connectivity index (χ1v) is 8.08. The second-order valence-corrected chi connectivity index (χ2v) is 6.26. The van der Waals surface area contributed by atoms with Crippen LogP contribution in [-0.4, -0.2) is 39.8 Å². The van der Waals surface area contributed by atoms with E-state index in [9.17, 15) is 4.79 Å². The fraction of sp³-hybridized carbons (Fsp3) is 0.529. The largest absolute Gasteiger partial charge is 0.321 e. The van der Waals surface area contributed by atoms with Gasteiger partial charge < -0.3 is 4.90 Å². The maximum atomic E-state index is 13.0. The molecule has 23 heavy (non-hydrogen) atoms. The fourth-order valence-corrected chi connectivity index (χ4v) is 3.28. The van der Waals surface area contributed by atoms with Gasteiger partial charge in [-0.3, -0.25) is 14.8 Å². The summed E-state index contributed by atoms with van der Waals surface area (Å²) < 4.78 is 1.79. The number of amides is 1. The highest BCUT2D eigenvalue weighted by Crippen LogP contribution is 2.25. The van der Waals surface area contributed by atoms with Gasteiger partial charge in [0, 0.05) is 19.0 Å². The molecule has 3 rings (SSSR count). The maximum absolute atomic E-state index is 13.0. The van der Waals surface area contributed by atoms with E-state index in [2.05, 4.69) is 24.3 Å². The number of para-hydroxylation sites is 1. The summed E-state index contributed by atoms with van der Waals surface area (Å²) in [5, 5.41) is 8.89. The van der Waals surface area contributed by atoms with Crippen molar-refractivity contribution in [3.8, 4) is 0 Å². The summed E-state index contributed by atoms with van der Waals surface area (Å²) in [5.41, 5.74) is 1.56. The molecule has 5 nitrogen and oxygen atoms in total. The number of halogens is 1. The van der Waals surface area contributed by atoms with Gasteiger partial charge in [0.2, 0.25) is 0 Å². The van der Waals surface area contributed by atoms with Gasteiger partial charge in [0.1, 0.15) is 0 Å². The van der Waals surface area contributed by atoms with Gasteiger partial charge in [-0.25, -0.2) is 0 Å². The fourth-order valence-electron chi connectivity index (χ4n) is 3.28. The van der Waals surface area contributed by atoms with Crippen molar-refractivity contribution in [3.05, 3.63) is 30.0 Å². The topological polar surface area (TPSA) is 50.2 Å². The second-order valence-electron chi connectivity index (χ2n) is 6.26. The zero-order valence-electron chi connectivity index (χ0n) is 14.0. The molecule has 1 aliphatic heterocycles. The number of aryl methyl sites for hydroxylation is 1. The number of hydrogen-bond donors (Lipinski definition) is 1. The number of fused-ring (bicyclic) bond motifs is 1. The lowest BCUT2D eigenvalue weighted by Gasteiger charge is -2.24. The molecule has 2 aromatic rings. The molecule has 1 aromatic heterocycles. The molecule has 126 valence electrons. The molecule has 2 heterocycles. The smallest absolute Gasteiger partial charge is 0.276 e. The lowest BCUT2D eigenvalue weighted by Crippen LogP contribution is -2.45. The third-order valence-electron chi connectivity index (χ3n) is 4.36. The number of nitrogens with zero attached hydrogens (tertiary/aromatic N) is 3. The number of carbonyl (C=O) groups excluding carboxylic acids is 1. The van der Waals surface area contributed by atoms with Gasteiger partial charge in [-0.1, -0.05) is 32.0 Å². The summed E-state index contributed by atoms with van der Waals surface area (Å²) in [6.07, 6.45) is 2.21. The van der Waals surface area contributed by atoms with E-state index in [1.807, 2.05) is 36.2 Å². The van der Waals surface area contributed by atoms with Crippen molar-refractivity contribution in [1.29, 1.82) is 0 Å². The molecule has 2 unspecified atom stereocenters. The lowest BCUT2D eigenvalue weighted by atomic mass is 10.1. The quantitative estimate of drug-likeness (QED) is 0.934. The van der Waals surface area contributed by atoms with Crippen molar-refractivity contribution in [3.63, 3.8) is 0 Å². The number of aromatic nitrogens is 2. The third-order valence-corrected chi connectivity index (χ3v) is 4.36. The Bertz CT molecular complexity index is 684. The van der Waals surface area contributed by atoms with E-state index in [1.54, 1.807) is 4.68 Å². The first kappa shape index (κ1) is 17.8. The van der Waals surface area contributed by atoms with Crippen LogP contribution in [-0.2, 0) is 7.05 Å². The van der Waals surface area contributed by atoms with E-state index in [1.165, 1.54) is 0 Å². The average Bonchev–Trinajstić information content (AvgIpc) is 3.06. The van der Waals surface area contributed by atoms with E-state index in [4.69, 9.17) is 0 Å². The Kier molecular flexibility index (Phi) is 5.65. The summed E-state index contributed by atoms with van der Waals surface area (Å²) >= 11 is 0. The Balaban J connectivity index is 0.00000192. The first-order chi connectivity index (χ1) is 10.6. The van der Waals surface area contributed by atoms with Crippen LogP contribution in [0.15, 0.2) is 24.3 Å². The Labute approximate surface area is 143 Å². The van der Waals surface area contributed by atoms with Crippen LogP contribution < -0.4 is 5.32 Å². The number of likely N-dealkylation sites (tertiary alicyclic amines) is 1. The van der Waals surface area contributed by atoms with Gasteiger partial charge in [-0.15, -0.1) is 12.4 Å². The SMILES string of the molecule is CCCNC1CC(C)CN1C(=O)c1nn(C)c2ccccc12.Cl. The highest BCUT2D eigenvalue weighted by Gasteiger charge is 2.34. The summed E-state index contributed by atoms with van der Waals surface area (Å²) in [4.78, 5) is 15.0. The highest BCUT2D eigenvalue weighted by molar-refractivity contribution is 6.05. The van der Waals surface area contributed by atoms with Gasteiger partial charge in [-0.2, -0.15) is 5.10 Å². The second kappa shape index (κ2) is 7.32. The van der Waals surface area contributed by atoms with E-state index < -0.39 is 0 Å². The number of nitrogens with one attached hydrogen (secondary N) is 1. The van der Waals surface area contributed by atoms with E-state index in [-0.39, 0.29) is 24.5 Å².